The third-order valence-corrected chi connectivity index (χ3v) is 8.32. The number of halogens is 6. The maximum absolute atomic E-state index is 16.6. The number of hydrogen-bond acceptors (Lipinski definition) is 10. The highest BCUT2D eigenvalue weighted by molar-refractivity contribution is 6.02. The molecule has 254 valence electrons. The number of nitrogens with two attached hydrogens (primary N) is 1. The molecule has 0 radical (unpaired) electrons. The SMILES string of the molecule is COc1nc2c3c(nc(-c4c(C(F)(F)F)c(C)cc5[nH]ncc45)c(F)c3n1)OC[C@H](C)N2C(C)c1cc(F)cnc1N.FC1CCNC1. The quantitative estimate of drug-likeness (QED) is 0.200. The molecule has 2 unspecified atom stereocenters. The summed E-state index contributed by atoms with van der Waals surface area (Å²) >= 11 is 0. The minimum Gasteiger partial charge on any atom is -0.475 e. The van der Waals surface area contributed by atoms with Gasteiger partial charge in [0.2, 0.25) is 5.88 Å². The number of aromatic nitrogens is 6. The number of H-pyrrole nitrogens is 1. The summed E-state index contributed by atoms with van der Waals surface area (Å²) in [6.45, 7) is 6.17. The zero-order valence-electron chi connectivity index (χ0n) is 26.2. The molecule has 2 aliphatic heterocycles. The topological polar surface area (TPSA) is 140 Å². The third kappa shape index (κ3) is 5.86. The van der Waals surface area contributed by atoms with Gasteiger partial charge in [-0.15, -0.1) is 0 Å². The number of hydrogen-bond donors (Lipinski definition) is 3. The second-order valence-corrected chi connectivity index (χ2v) is 11.6. The van der Waals surface area contributed by atoms with E-state index in [2.05, 4.69) is 35.5 Å². The Hall–Kier alpha value is -4.93. The number of pyridine rings is 2. The molecule has 11 nitrogen and oxygen atoms in total. The van der Waals surface area contributed by atoms with Crippen molar-refractivity contribution in [1.82, 2.24) is 35.5 Å². The molecule has 0 amide bonds. The fourth-order valence-corrected chi connectivity index (χ4v) is 6.11. The van der Waals surface area contributed by atoms with Gasteiger partial charge in [0.1, 0.15) is 46.8 Å². The highest BCUT2D eigenvalue weighted by Crippen LogP contribution is 2.47. The van der Waals surface area contributed by atoms with Gasteiger partial charge in [0.05, 0.1) is 42.7 Å². The molecule has 4 N–H and O–H groups in total. The number of nitrogens with zero attached hydrogens (tertiary/aromatic N) is 6. The van der Waals surface area contributed by atoms with E-state index in [4.69, 9.17) is 15.2 Å². The van der Waals surface area contributed by atoms with Crippen LogP contribution in [-0.4, -0.2) is 69.2 Å². The summed E-state index contributed by atoms with van der Waals surface area (Å²) in [6, 6.07) is 1.11. The number of ether oxygens (including phenoxy) is 2. The summed E-state index contributed by atoms with van der Waals surface area (Å²) in [7, 11) is 1.27. The molecule has 3 atom stereocenters. The second kappa shape index (κ2) is 12.6. The Morgan fingerprint density at radius 2 is 1.92 bits per heavy atom. The van der Waals surface area contributed by atoms with Crippen molar-refractivity contribution in [2.45, 2.75) is 51.6 Å². The van der Waals surface area contributed by atoms with Gasteiger partial charge in [0, 0.05) is 23.1 Å². The lowest BCUT2D eigenvalue weighted by Gasteiger charge is -2.34. The molecule has 1 aromatic carbocycles. The van der Waals surface area contributed by atoms with E-state index in [0.717, 1.165) is 12.7 Å². The number of alkyl halides is 4. The van der Waals surface area contributed by atoms with Crippen molar-refractivity contribution in [3.8, 4) is 23.1 Å². The summed E-state index contributed by atoms with van der Waals surface area (Å²) in [5, 5.41) is 9.42. The molecule has 0 aliphatic carbocycles. The average Bonchev–Trinajstić information content (AvgIpc) is 3.69. The lowest BCUT2D eigenvalue weighted by atomic mass is 9.94. The van der Waals surface area contributed by atoms with E-state index in [1.165, 1.54) is 32.4 Å². The van der Waals surface area contributed by atoms with Crippen LogP contribution in [0.2, 0.25) is 0 Å². The standard InChI is InChI=1S/C27H23F5N8O2.C4H8FN/c1-10-5-16-15(8-35-39-16)17(19(10)27(30,31)32)21-20(29)22-18-24(38-26(37-22)41-4)40(11(2)9-42-25(18)36-21)12(3)14-6-13(28)7-34-23(14)33;5-4-1-2-6-3-4/h5-8,11-12H,9H2,1-4H3,(H2,33,34)(H,35,39);4,6H,1-3H2/t11-,12?;/m0./s1. The molecule has 2 aliphatic rings. The first-order chi connectivity index (χ1) is 22.8. The number of nitrogens with one attached hydrogen (secondary N) is 2. The van der Waals surface area contributed by atoms with Crippen molar-refractivity contribution in [2.75, 3.05) is 37.4 Å². The molecule has 1 fully saturated rings. The second-order valence-electron chi connectivity index (χ2n) is 11.6. The Labute approximate surface area is 269 Å². The fourth-order valence-electron chi connectivity index (χ4n) is 6.11. The van der Waals surface area contributed by atoms with E-state index in [1.807, 2.05) is 0 Å². The maximum atomic E-state index is 16.6. The number of anilines is 2. The third-order valence-electron chi connectivity index (χ3n) is 8.32. The highest BCUT2D eigenvalue weighted by atomic mass is 19.4. The molecular formula is C31H31F6N9O2. The number of benzene rings is 1. The number of fused-ring (bicyclic) bond motifs is 1. The van der Waals surface area contributed by atoms with E-state index in [1.54, 1.807) is 18.7 Å². The molecule has 1 saturated heterocycles. The molecule has 4 aromatic heterocycles. The van der Waals surface area contributed by atoms with Gasteiger partial charge in [0.15, 0.2) is 5.82 Å². The van der Waals surface area contributed by atoms with E-state index >= 15 is 4.39 Å². The number of nitrogen functional groups attached to an aromatic ring is 1. The van der Waals surface area contributed by atoms with Gasteiger partial charge < -0.3 is 25.4 Å². The summed E-state index contributed by atoms with van der Waals surface area (Å²) in [6.07, 6.45) is -2.54. The van der Waals surface area contributed by atoms with Crippen molar-refractivity contribution >= 4 is 33.4 Å². The van der Waals surface area contributed by atoms with E-state index in [9.17, 15) is 22.0 Å². The minimum atomic E-state index is -4.85. The largest absolute Gasteiger partial charge is 0.475 e. The summed E-state index contributed by atoms with van der Waals surface area (Å²) in [4.78, 5) is 18.5. The Balaban J connectivity index is 0.000000604. The zero-order chi connectivity index (χ0) is 34.5. The van der Waals surface area contributed by atoms with Crippen molar-refractivity contribution < 1.29 is 35.8 Å². The number of rotatable bonds is 4. The van der Waals surface area contributed by atoms with Crippen LogP contribution in [0.3, 0.4) is 0 Å². The summed E-state index contributed by atoms with van der Waals surface area (Å²) < 4.78 is 97.1. The van der Waals surface area contributed by atoms with Gasteiger partial charge >= 0.3 is 12.2 Å². The Kier molecular flexibility index (Phi) is 8.65. The fraction of sp³-hybridized carbons (Fsp3) is 0.387. The van der Waals surface area contributed by atoms with Crippen LogP contribution < -0.4 is 25.4 Å². The van der Waals surface area contributed by atoms with Crippen molar-refractivity contribution in [3.63, 3.8) is 0 Å². The van der Waals surface area contributed by atoms with Crippen molar-refractivity contribution in [3.05, 3.63) is 52.9 Å². The Morgan fingerprint density at radius 3 is 2.56 bits per heavy atom. The van der Waals surface area contributed by atoms with Crippen LogP contribution in [0, 0.1) is 18.6 Å². The maximum Gasteiger partial charge on any atom is 0.417 e. The summed E-state index contributed by atoms with van der Waals surface area (Å²) in [5.74, 6) is -1.76. The zero-order valence-corrected chi connectivity index (χ0v) is 26.2. The monoisotopic (exact) mass is 675 g/mol. The number of aromatic amines is 1. The lowest BCUT2D eigenvalue weighted by Crippen LogP contribution is -2.39. The first kappa shape index (κ1) is 33.0. The normalized spacial score (nSPS) is 18.3. The minimum absolute atomic E-state index is 0.000771. The van der Waals surface area contributed by atoms with Crippen LogP contribution in [-0.2, 0) is 6.18 Å². The smallest absolute Gasteiger partial charge is 0.417 e. The van der Waals surface area contributed by atoms with Crippen LogP contribution in [0.5, 0.6) is 11.9 Å². The van der Waals surface area contributed by atoms with Gasteiger partial charge in [-0.3, -0.25) is 5.10 Å². The van der Waals surface area contributed by atoms with E-state index in [0.29, 0.717) is 18.5 Å². The average molecular weight is 676 g/mol. The van der Waals surface area contributed by atoms with Crippen molar-refractivity contribution in [2.24, 2.45) is 0 Å². The first-order valence-electron chi connectivity index (χ1n) is 15.0. The molecule has 0 bridgehead atoms. The molecule has 6 heterocycles. The molecule has 5 aromatic rings. The molecule has 17 heteroatoms. The van der Waals surface area contributed by atoms with Crippen LogP contribution >= 0.6 is 0 Å². The molecule has 7 rings (SSSR count). The lowest BCUT2D eigenvalue weighted by molar-refractivity contribution is -0.137. The Bertz CT molecular complexity index is 2000. The van der Waals surface area contributed by atoms with Crippen LogP contribution in [0.25, 0.3) is 33.1 Å². The van der Waals surface area contributed by atoms with Crippen LogP contribution in [0.1, 0.15) is 43.0 Å². The van der Waals surface area contributed by atoms with E-state index < -0.39 is 52.9 Å². The van der Waals surface area contributed by atoms with Gasteiger partial charge in [0.25, 0.3) is 0 Å². The van der Waals surface area contributed by atoms with Crippen LogP contribution in [0.4, 0.5) is 38.0 Å². The first-order valence-corrected chi connectivity index (χ1v) is 15.0. The molecule has 0 spiro atoms. The molecule has 0 saturated carbocycles. The summed E-state index contributed by atoms with van der Waals surface area (Å²) in [5.41, 5.74) is 3.93. The number of methoxy groups -OCH3 is 1. The van der Waals surface area contributed by atoms with Gasteiger partial charge in [-0.25, -0.2) is 23.1 Å². The predicted molar refractivity (Wildman–Crippen MR) is 166 cm³/mol. The highest BCUT2D eigenvalue weighted by Gasteiger charge is 2.40. The number of aryl methyl sites for hydroxylation is 1. The molecule has 48 heavy (non-hydrogen) atoms. The Morgan fingerprint density at radius 1 is 1.15 bits per heavy atom. The van der Waals surface area contributed by atoms with Gasteiger partial charge in [-0.1, -0.05) is 0 Å². The van der Waals surface area contributed by atoms with Gasteiger partial charge in [-0.2, -0.15) is 28.2 Å². The molecular weight excluding hydrogens is 644 g/mol. The van der Waals surface area contributed by atoms with Gasteiger partial charge in [-0.05, 0) is 51.4 Å². The predicted octanol–water partition coefficient (Wildman–Crippen LogP) is 5.83. The van der Waals surface area contributed by atoms with Crippen molar-refractivity contribution in [1.29, 1.82) is 0 Å². The van der Waals surface area contributed by atoms with Crippen LogP contribution in [0.15, 0.2) is 24.5 Å². The van der Waals surface area contributed by atoms with E-state index in [-0.39, 0.29) is 57.5 Å².